The molecule has 0 saturated carbocycles. The van der Waals surface area contributed by atoms with Crippen molar-refractivity contribution in [1.82, 2.24) is 0 Å². The van der Waals surface area contributed by atoms with E-state index in [1.165, 1.54) is 6.26 Å². The minimum absolute atomic E-state index is 0.0913. The van der Waals surface area contributed by atoms with Gasteiger partial charge in [-0.2, -0.15) is 0 Å². The number of carbonyl (C=O) groups is 1. The van der Waals surface area contributed by atoms with E-state index in [4.69, 9.17) is 9.15 Å². The fourth-order valence-corrected chi connectivity index (χ4v) is 2.14. The molecule has 0 fully saturated rings. The van der Waals surface area contributed by atoms with Gasteiger partial charge in [-0.25, -0.2) is 0 Å². The summed E-state index contributed by atoms with van der Waals surface area (Å²) < 4.78 is 10.5. The second-order valence-electron chi connectivity index (χ2n) is 4.41. The standard InChI is InChI=1S/C15H16O3/c1-9-5-6-18-15(9)13(16)12-7-10(2)14(17-4)11(3)8-12/h5-8H,1-4H3. The van der Waals surface area contributed by atoms with E-state index in [0.29, 0.717) is 11.3 Å². The third-order valence-corrected chi connectivity index (χ3v) is 2.99. The maximum absolute atomic E-state index is 12.3. The van der Waals surface area contributed by atoms with Crippen LogP contribution in [0.25, 0.3) is 0 Å². The van der Waals surface area contributed by atoms with E-state index in [0.717, 1.165) is 22.4 Å². The Balaban J connectivity index is 2.47. The van der Waals surface area contributed by atoms with Gasteiger partial charge in [-0.15, -0.1) is 0 Å². The lowest BCUT2D eigenvalue weighted by atomic mass is 10.0. The van der Waals surface area contributed by atoms with Crippen LogP contribution in [0.3, 0.4) is 0 Å². The Kier molecular flexibility index (Phi) is 3.24. The normalized spacial score (nSPS) is 10.4. The number of aryl methyl sites for hydroxylation is 3. The average Bonchev–Trinajstić information content (AvgIpc) is 2.74. The first kappa shape index (κ1) is 12.4. The highest BCUT2D eigenvalue weighted by molar-refractivity contribution is 6.08. The maximum atomic E-state index is 12.3. The molecule has 1 heterocycles. The quantitative estimate of drug-likeness (QED) is 0.776. The van der Waals surface area contributed by atoms with Crippen LogP contribution in [0.15, 0.2) is 28.9 Å². The largest absolute Gasteiger partial charge is 0.496 e. The van der Waals surface area contributed by atoms with Crippen molar-refractivity contribution in [1.29, 1.82) is 0 Å². The molecule has 0 aliphatic carbocycles. The first-order valence-electron chi connectivity index (χ1n) is 5.78. The third-order valence-electron chi connectivity index (χ3n) is 2.99. The summed E-state index contributed by atoms with van der Waals surface area (Å²) in [6.45, 7) is 5.72. The molecule has 0 N–H and O–H groups in total. The van der Waals surface area contributed by atoms with E-state index in [2.05, 4.69) is 0 Å². The second-order valence-corrected chi connectivity index (χ2v) is 4.41. The summed E-state index contributed by atoms with van der Waals surface area (Å²) in [7, 11) is 1.63. The van der Waals surface area contributed by atoms with Crippen LogP contribution in [0, 0.1) is 20.8 Å². The molecule has 0 radical (unpaired) electrons. The van der Waals surface area contributed by atoms with Crippen LogP contribution in [-0.4, -0.2) is 12.9 Å². The van der Waals surface area contributed by atoms with Gasteiger partial charge in [-0.3, -0.25) is 4.79 Å². The SMILES string of the molecule is COc1c(C)cc(C(=O)c2occc2C)cc1C. The van der Waals surface area contributed by atoms with Gasteiger partial charge in [0.15, 0.2) is 5.76 Å². The zero-order valence-corrected chi connectivity index (χ0v) is 11.0. The predicted molar refractivity (Wildman–Crippen MR) is 69.3 cm³/mol. The number of carbonyl (C=O) groups excluding carboxylic acids is 1. The fraction of sp³-hybridized carbons (Fsp3) is 0.267. The third kappa shape index (κ3) is 2.04. The van der Waals surface area contributed by atoms with Gasteiger partial charge >= 0.3 is 0 Å². The monoisotopic (exact) mass is 244 g/mol. The minimum atomic E-state index is -0.0913. The van der Waals surface area contributed by atoms with Crippen LogP contribution >= 0.6 is 0 Å². The predicted octanol–water partition coefficient (Wildman–Crippen LogP) is 3.44. The first-order valence-corrected chi connectivity index (χ1v) is 5.78. The van der Waals surface area contributed by atoms with E-state index in [1.54, 1.807) is 13.2 Å². The van der Waals surface area contributed by atoms with E-state index in [1.807, 2.05) is 32.9 Å². The number of rotatable bonds is 3. The number of methoxy groups -OCH3 is 1. The van der Waals surface area contributed by atoms with Crippen LogP contribution in [0.2, 0.25) is 0 Å². The molecule has 0 aliphatic heterocycles. The van der Waals surface area contributed by atoms with Crippen LogP contribution in [0.1, 0.15) is 32.8 Å². The molecule has 0 aliphatic rings. The Labute approximate surface area is 106 Å². The molecule has 1 aromatic heterocycles. The summed E-state index contributed by atoms with van der Waals surface area (Å²) in [5, 5.41) is 0. The summed E-state index contributed by atoms with van der Waals surface area (Å²) in [6.07, 6.45) is 1.53. The summed E-state index contributed by atoms with van der Waals surface area (Å²) in [5.74, 6) is 1.13. The van der Waals surface area contributed by atoms with Gasteiger partial charge in [-0.1, -0.05) is 0 Å². The molecular formula is C15H16O3. The molecule has 0 spiro atoms. The van der Waals surface area contributed by atoms with Crippen molar-refractivity contribution in [2.24, 2.45) is 0 Å². The highest BCUT2D eigenvalue weighted by atomic mass is 16.5. The lowest BCUT2D eigenvalue weighted by Crippen LogP contribution is -2.03. The lowest BCUT2D eigenvalue weighted by Gasteiger charge is -2.10. The van der Waals surface area contributed by atoms with Crippen molar-refractivity contribution in [2.45, 2.75) is 20.8 Å². The number of ketones is 1. The second kappa shape index (κ2) is 4.69. The Morgan fingerprint density at radius 1 is 1.11 bits per heavy atom. The zero-order chi connectivity index (χ0) is 13.3. The van der Waals surface area contributed by atoms with Gasteiger partial charge < -0.3 is 9.15 Å². The van der Waals surface area contributed by atoms with E-state index in [9.17, 15) is 4.79 Å². The van der Waals surface area contributed by atoms with Crippen LogP contribution in [-0.2, 0) is 0 Å². The Morgan fingerprint density at radius 3 is 2.17 bits per heavy atom. The average molecular weight is 244 g/mol. The van der Waals surface area contributed by atoms with Gasteiger partial charge in [0, 0.05) is 5.56 Å². The van der Waals surface area contributed by atoms with E-state index >= 15 is 0 Å². The van der Waals surface area contributed by atoms with Crippen molar-refractivity contribution in [3.63, 3.8) is 0 Å². The molecule has 3 nitrogen and oxygen atoms in total. The molecule has 0 bridgehead atoms. The smallest absolute Gasteiger partial charge is 0.228 e. The molecule has 18 heavy (non-hydrogen) atoms. The van der Waals surface area contributed by atoms with Gasteiger partial charge in [0.25, 0.3) is 0 Å². The maximum Gasteiger partial charge on any atom is 0.228 e. The fourth-order valence-electron chi connectivity index (χ4n) is 2.14. The molecule has 2 rings (SSSR count). The van der Waals surface area contributed by atoms with Gasteiger partial charge in [0.1, 0.15) is 5.75 Å². The zero-order valence-electron chi connectivity index (χ0n) is 11.0. The number of ether oxygens (including phenoxy) is 1. The molecule has 94 valence electrons. The number of furan rings is 1. The molecule has 0 unspecified atom stereocenters. The summed E-state index contributed by atoms with van der Waals surface area (Å²) in [4.78, 5) is 12.3. The van der Waals surface area contributed by atoms with Crippen molar-refractivity contribution >= 4 is 5.78 Å². The summed E-state index contributed by atoms with van der Waals surface area (Å²) in [5.41, 5.74) is 3.38. The Morgan fingerprint density at radius 2 is 1.72 bits per heavy atom. The molecular weight excluding hydrogens is 228 g/mol. The van der Waals surface area contributed by atoms with Gasteiger partial charge in [0.05, 0.1) is 13.4 Å². The molecule has 0 saturated heterocycles. The number of hydrogen-bond donors (Lipinski definition) is 0. The van der Waals surface area contributed by atoms with E-state index in [-0.39, 0.29) is 5.78 Å². The lowest BCUT2D eigenvalue weighted by molar-refractivity contribution is 0.101. The first-order chi connectivity index (χ1) is 8.54. The minimum Gasteiger partial charge on any atom is -0.496 e. The molecule has 1 aromatic carbocycles. The summed E-state index contributed by atoms with van der Waals surface area (Å²) >= 11 is 0. The summed E-state index contributed by atoms with van der Waals surface area (Å²) in [6, 6.07) is 5.45. The van der Waals surface area contributed by atoms with Crippen molar-refractivity contribution < 1.29 is 13.9 Å². The van der Waals surface area contributed by atoms with Crippen LogP contribution in [0.5, 0.6) is 5.75 Å². The highest BCUT2D eigenvalue weighted by Gasteiger charge is 2.17. The molecule has 3 heteroatoms. The molecule has 0 atom stereocenters. The van der Waals surface area contributed by atoms with Gasteiger partial charge in [-0.05, 0) is 55.7 Å². The van der Waals surface area contributed by atoms with Crippen molar-refractivity contribution in [3.05, 3.63) is 52.5 Å². The highest BCUT2D eigenvalue weighted by Crippen LogP contribution is 2.26. The number of hydrogen-bond acceptors (Lipinski definition) is 3. The number of benzene rings is 1. The molecule has 2 aromatic rings. The van der Waals surface area contributed by atoms with Gasteiger partial charge in [0.2, 0.25) is 5.78 Å². The van der Waals surface area contributed by atoms with Crippen LogP contribution in [0.4, 0.5) is 0 Å². The van der Waals surface area contributed by atoms with Crippen molar-refractivity contribution in [3.8, 4) is 5.75 Å². The molecule has 0 amide bonds. The topological polar surface area (TPSA) is 39.4 Å². The van der Waals surface area contributed by atoms with Crippen molar-refractivity contribution in [2.75, 3.05) is 7.11 Å². The van der Waals surface area contributed by atoms with E-state index < -0.39 is 0 Å². The Hall–Kier alpha value is -2.03. The Bertz CT molecular complexity index is 571. The van der Waals surface area contributed by atoms with Crippen LogP contribution < -0.4 is 4.74 Å².